The maximum Gasteiger partial charge on any atom is 0.226 e. The van der Waals surface area contributed by atoms with Gasteiger partial charge in [-0.05, 0) is 37.5 Å². The van der Waals surface area contributed by atoms with Crippen molar-refractivity contribution in [3.63, 3.8) is 0 Å². The summed E-state index contributed by atoms with van der Waals surface area (Å²) in [6, 6.07) is 12.6. The third-order valence-corrected chi connectivity index (χ3v) is 6.61. The van der Waals surface area contributed by atoms with E-state index < -0.39 is 0 Å². The normalized spacial score (nSPS) is 13.8. The van der Waals surface area contributed by atoms with Gasteiger partial charge in [-0.1, -0.05) is 35.1 Å². The Morgan fingerprint density at radius 1 is 1.09 bits per heavy atom. The summed E-state index contributed by atoms with van der Waals surface area (Å²) in [5.41, 5.74) is 3.14. The number of fused-ring (bicyclic) bond motifs is 1. The molecule has 1 aliphatic carbocycles. The first-order valence-electron chi connectivity index (χ1n) is 10.7. The van der Waals surface area contributed by atoms with E-state index in [1.165, 1.54) is 18.2 Å². The van der Waals surface area contributed by atoms with Gasteiger partial charge in [-0.3, -0.25) is 9.55 Å². The third kappa shape index (κ3) is 3.69. The van der Waals surface area contributed by atoms with Crippen molar-refractivity contribution in [2.24, 2.45) is 0 Å². The van der Waals surface area contributed by atoms with Crippen LogP contribution >= 0.6 is 11.8 Å². The van der Waals surface area contributed by atoms with Gasteiger partial charge in [0.25, 0.3) is 0 Å². The Balaban J connectivity index is 1.14. The van der Waals surface area contributed by atoms with Crippen molar-refractivity contribution in [3.8, 4) is 22.8 Å². The average molecular weight is 444 g/mol. The number of H-pyrrole nitrogens is 1. The topological polar surface area (TPSA) is 98.3 Å². The van der Waals surface area contributed by atoms with Gasteiger partial charge in [-0.15, -0.1) is 10.2 Å². The molecule has 1 fully saturated rings. The fraction of sp³-hybridized carbons (Fsp3) is 0.261. The van der Waals surface area contributed by atoms with Crippen molar-refractivity contribution < 1.29 is 4.52 Å². The Bertz CT molecular complexity index is 1350. The summed E-state index contributed by atoms with van der Waals surface area (Å²) in [5.74, 6) is 3.12. The summed E-state index contributed by atoms with van der Waals surface area (Å²) in [6.45, 7) is 0. The molecule has 0 amide bonds. The number of benzene rings is 1. The van der Waals surface area contributed by atoms with Gasteiger partial charge < -0.3 is 9.51 Å². The molecule has 6 rings (SSSR count). The largest absolute Gasteiger partial charge is 0.360 e. The van der Waals surface area contributed by atoms with E-state index in [-0.39, 0.29) is 0 Å². The number of nitrogens with one attached hydrogen (secondary N) is 1. The first-order chi connectivity index (χ1) is 15.9. The van der Waals surface area contributed by atoms with Crippen LogP contribution in [0.25, 0.3) is 33.7 Å². The Hall–Kier alpha value is -3.46. The molecule has 5 aromatic rings. The lowest BCUT2D eigenvalue weighted by Gasteiger charge is -2.08. The molecule has 1 N–H and O–H groups in total. The molecule has 0 atom stereocenters. The van der Waals surface area contributed by atoms with E-state index >= 15 is 0 Å². The molecule has 160 valence electrons. The van der Waals surface area contributed by atoms with Gasteiger partial charge in [0.05, 0.1) is 0 Å². The van der Waals surface area contributed by atoms with Gasteiger partial charge in [-0.25, -0.2) is 0 Å². The molecule has 0 bridgehead atoms. The Kier molecular flexibility index (Phi) is 4.95. The number of hydrogen-bond acceptors (Lipinski definition) is 7. The Labute approximate surface area is 188 Å². The highest BCUT2D eigenvalue weighted by molar-refractivity contribution is 7.99. The monoisotopic (exact) mass is 443 g/mol. The minimum absolute atomic E-state index is 0.495. The molecule has 4 aromatic heterocycles. The van der Waals surface area contributed by atoms with Crippen molar-refractivity contribution in [1.82, 2.24) is 34.9 Å². The van der Waals surface area contributed by atoms with Gasteiger partial charge in [0, 0.05) is 58.8 Å². The second-order valence-corrected chi connectivity index (χ2v) is 8.92. The molecule has 9 heteroatoms. The smallest absolute Gasteiger partial charge is 0.226 e. The molecule has 1 saturated carbocycles. The molecule has 0 spiro atoms. The summed E-state index contributed by atoms with van der Waals surface area (Å²) in [6.07, 6.45) is 9.51. The van der Waals surface area contributed by atoms with E-state index in [1.807, 2.05) is 24.4 Å². The predicted molar refractivity (Wildman–Crippen MR) is 122 cm³/mol. The molecule has 0 radical (unpaired) electrons. The maximum absolute atomic E-state index is 5.41. The zero-order valence-corrected chi connectivity index (χ0v) is 18.1. The zero-order chi connectivity index (χ0) is 21.3. The third-order valence-electron chi connectivity index (χ3n) is 5.58. The van der Waals surface area contributed by atoms with Gasteiger partial charge in [-0.2, -0.15) is 4.98 Å². The van der Waals surface area contributed by atoms with E-state index in [1.54, 1.807) is 24.2 Å². The molecular weight excluding hydrogens is 422 g/mol. The SMILES string of the molecule is c1ccc2c(-c3nnc(SCCCc4nc(-c5ccncc5)no4)n3C3CC3)c[nH]c2c1. The number of aromatic amines is 1. The van der Waals surface area contributed by atoms with Crippen molar-refractivity contribution in [2.75, 3.05) is 5.75 Å². The van der Waals surface area contributed by atoms with Crippen molar-refractivity contribution in [3.05, 3.63) is 60.9 Å². The van der Waals surface area contributed by atoms with Gasteiger partial charge >= 0.3 is 0 Å². The maximum atomic E-state index is 5.41. The van der Waals surface area contributed by atoms with Gasteiger partial charge in [0.1, 0.15) is 0 Å². The van der Waals surface area contributed by atoms with Crippen LogP contribution in [-0.4, -0.2) is 40.6 Å². The summed E-state index contributed by atoms with van der Waals surface area (Å²) in [4.78, 5) is 11.9. The van der Waals surface area contributed by atoms with Crippen molar-refractivity contribution >= 4 is 22.7 Å². The highest BCUT2D eigenvalue weighted by atomic mass is 32.2. The van der Waals surface area contributed by atoms with E-state index in [9.17, 15) is 0 Å². The quantitative estimate of drug-likeness (QED) is 0.268. The molecule has 0 aliphatic heterocycles. The second-order valence-electron chi connectivity index (χ2n) is 7.85. The minimum Gasteiger partial charge on any atom is -0.360 e. The fourth-order valence-electron chi connectivity index (χ4n) is 3.84. The van der Waals surface area contributed by atoms with E-state index in [0.717, 1.165) is 46.2 Å². The highest BCUT2D eigenvalue weighted by Gasteiger charge is 2.30. The van der Waals surface area contributed by atoms with Crippen LogP contribution in [0.1, 0.15) is 31.2 Å². The lowest BCUT2D eigenvalue weighted by molar-refractivity contribution is 0.378. The average Bonchev–Trinajstić information content (AvgIpc) is 3.23. The molecule has 0 saturated heterocycles. The predicted octanol–water partition coefficient (Wildman–Crippen LogP) is 4.93. The molecule has 0 unspecified atom stereocenters. The van der Waals surface area contributed by atoms with Crippen molar-refractivity contribution in [2.45, 2.75) is 36.9 Å². The Morgan fingerprint density at radius 2 is 1.97 bits per heavy atom. The number of aryl methyl sites for hydroxylation is 1. The zero-order valence-electron chi connectivity index (χ0n) is 17.3. The lowest BCUT2D eigenvalue weighted by atomic mass is 10.1. The van der Waals surface area contributed by atoms with Crippen molar-refractivity contribution in [1.29, 1.82) is 0 Å². The molecule has 8 nitrogen and oxygen atoms in total. The standard InChI is InChI=1S/C23H21N7OS/c1-2-5-19-17(4-1)18(14-25-19)22-27-28-23(30(22)16-7-8-16)32-13-3-6-20-26-21(29-31-20)15-9-11-24-12-10-15/h1-2,4-5,9-12,14,16,25H,3,6-8,13H2. The molecule has 4 heterocycles. The van der Waals surface area contributed by atoms with Crippen LogP contribution in [0.4, 0.5) is 0 Å². The summed E-state index contributed by atoms with van der Waals surface area (Å²) < 4.78 is 7.72. The fourth-order valence-corrected chi connectivity index (χ4v) is 4.78. The van der Waals surface area contributed by atoms with Crippen LogP contribution in [0.5, 0.6) is 0 Å². The van der Waals surface area contributed by atoms with E-state index in [4.69, 9.17) is 4.52 Å². The molecule has 1 aliphatic rings. The van der Waals surface area contributed by atoms with Crippen LogP contribution in [0, 0.1) is 0 Å². The second kappa shape index (κ2) is 8.23. The summed E-state index contributed by atoms with van der Waals surface area (Å²) in [5, 5.41) is 15.3. The number of pyridine rings is 1. The minimum atomic E-state index is 0.495. The molecule has 32 heavy (non-hydrogen) atoms. The number of para-hydroxylation sites is 1. The van der Waals surface area contributed by atoms with E-state index in [2.05, 4.69) is 53.1 Å². The number of nitrogens with zero attached hydrogens (tertiary/aromatic N) is 6. The summed E-state index contributed by atoms with van der Waals surface area (Å²) in [7, 11) is 0. The highest BCUT2D eigenvalue weighted by Crippen LogP contribution is 2.42. The lowest BCUT2D eigenvalue weighted by Crippen LogP contribution is -2.00. The van der Waals surface area contributed by atoms with Crippen LogP contribution in [0.3, 0.4) is 0 Å². The first kappa shape index (κ1) is 19.2. The number of rotatable bonds is 8. The first-order valence-corrected chi connectivity index (χ1v) is 11.7. The van der Waals surface area contributed by atoms with Crippen LogP contribution < -0.4 is 0 Å². The van der Waals surface area contributed by atoms with Gasteiger partial charge in [0.15, 0.2) is 11.0 Å². The number of aromatic nitrogens is 7. The molecular formula is C23H21N7OS. The number of hydrogen-bond donors (Lipinski definition) is 1. The van der Waals surface area contributed by atoms with Crippen LogP contribution in [0.15, 0.2) is 64.7 Å². The number of thioether (sulfide) groups is 1. The van der Waals surface area contributed by atoms with Crippen LogP contribution in [-0.2, 0) is 6.42 Å². The van der Waals surface area contributed by atoms with E-state index in [0.29, 0.717) is 17.8 Å². The Morgan fingerprint density at radius 3 is 2.84 bits per heavy atom. The van der Waals surface area contributed by atoms with Crippen LogP contribution in [0.2, 0.25) is 0 Å². The summed E-state index contributed by atoms with van der Waals surface area (Å²) >= 11 is 1.74. The molecule has 1 aromatic carbocycles. The van der Waals surface area contributed by atoms with Gasteiger partial charge in [0.2, 0.25) is 11.7 Å².